The van der Waals surface area contributed by atoms with E-state index in [0.29, 0.717) is 10.9 Å². The summed E-state index contributed by atoms with van der Waals surface area (Å²) in [6.07, 6.45) is 0. The van der Waals surface area contributed by atoms with Crippen molar-refractivity contribution in [1.29, 1.82) is 0 Å². The molecular weight excluding hydrogens is 200 g/mol. The summed E-state index contributed by atoms with van der Waals surface area (Å²) < 4.78 is 0. The fraction of sp³-hybridized carbons (Fsp3) is 0. The van der Waals surface area contributed by atoms with Crippen LogP contribution in [0.1, 0.15) is 0 Å². The quantitative estimate of drug-likeness (QED) is 0.403. The van der Waals surface area contributed by atoms with E-state index in [1.165, 1.54) is 0 Å². The van der Waals surface area contributed by atoms with Gasteiger partial charge < -0.3 is 10.2 Å². The van der Waals surface area contributed by atoms with Gasteiger partial charge in [0.05, 0.1) is 5.52 Å². The van der Waals surface area contributed by atoms with Gasteiger partial charge in [-0.05, 0) is 17.3 Å². The number of hydrogen-bond donors (Lipinski definition) is 0. The van der Waals surface area contributed by atoms with Crippen LogP contribution in [0.5, 0.6) is 11.6 Å². The van der Waals surface area contributed by atoms with E-state index in [1.807, 2.05) is 0 Å². The van der Waals surface area contributed by atoms with Crippen molar-refractivity contribution in [2.45, 2.75) is 0 Å². The first kappa shape index (κ1) is 14.2. The van der Waals surface area contributed by atoms with Gasteiger partial charge >= 0.3 is 59.1 Å². The molecule has 0 saturated carbocycles. The summed E-state index contributed by atoms with van der Waals surface area (Å²) >= 11 is 0. The number of fused-ring (bicyclic) bond motifs is 1. The fourth-order valence-corrected chi connectivity index (χ4v) is 1.12. The summed E-state index contributed by atoms with van der Waals surface area (Å²) in [4.78, 5) is 3.68. The summed E-state index contributed by atoms with van der Waals surface area (Å²) in [5.41, 5.74) is 0.468. The Labute approximate surface area is 126 Å². The minimum absolute atomic E-state index is 0. The molecule has 0 aliphatic carbocycles. The van der Waals surface area contributed by atoms with Crippen LogP contribution in [0, 0.1) is 0 Å². The van der Waals surface area contributed by atoms with Crippen molar-refractivity contribution in [2.24, 2.45) is 0 Å². The van der Waals surface area contributed by atoms with Crippen LogP contribution in [0.4, 0.5) is 0 Å². The maximum absolute atomic E-state index is 11.2. The number of aromatic nitrogens is 1. The molecule has 1 aromatic carbocycles. The first-order chi connectivity index (χ1) is 5.77. The Kier molecular flexibility index (Phi) is 6.05. The van der Waals surface area contributed by atoms with E-state index in [9.17, 15) is 10.2 Å². The van der Waals surface area contributed by atoms with Crippen molar-refractivity contribution in [3.63, 3.8) is 0 Å². The molecule has 60 valence electrons. The van der Waals surface area contributed by atoms with Gasteiger partial charge in [-0.3, -0.25) is 4.98 Å². The third-order valence-corrected chi connectivity index (χ3v) is 1.65. The first-order valence-corrected chi connectivity index (χ1v) is 3.51. The zero-order valence-corrected chi connectivity index (χ0v) is 12.2. The van der Waals surface area contributed by atoms with Gasteiger partial charge in [-0.25, -0.2) is 0 Å². The minimum Gasteiger partial charge on any atom is -0.872 e. The SMILES string of the molecule is [Na+].[Na+].[O-]c1cc([O-])c2ccccc2n1. The predicted octanol–water partition coefficient (Wildman–Crippen LogP) is -5.61. The van der Waals surface area contributed by atoms with Crippen molar-refractivity contribution in [3.8, 4) is 11.6 Å². The molecule has 1 aromatic heterocycles. The van der Waals surface area contributed by atoms with Crippen molar-refractivity contribution in [2.75, 3.05) is 0 Å². The molecule has 2 rings (SSSR count). The number of hydrogen-bond acceptors (Lipinski definition) is 3. The van der Waals surface area contributed by atoms with Crippen LogP contribution in [0.3, 0.4) is 0 Å². The van der Waals surface area contributed by atoms with Crippen LogP contribution in [-0.4, -0.2) is 4.98 Å². The summed E-state index contributed by atoms with van der Waals surface area (Å²) in [6.45, 7) is 0. The maximum atomic E-state index is 11.2. The van der Waals surface area contributed by atoms with Crippen LogP contribution in [0.15, 0.2) is 30.3 Å². The van der Waals surface area contributed by atoms with Crippen LogP contribution < -0.4 is 69.3 Å². The Balaban J connectivity index is 0.000000845. The van der Waals surface area contributed by atoms with E-state index in [2.05, 4.69) is 4.98 Å². The predicted molar refractivity (Wildman–Crippen MR) is 40.6 cm³/mol. The van der Waals surface area contributed by atoms with Gasteiger partial charge in [0.15, 0.2) is 0 Å². The summed E-state index contributed by atoms with van der Waals surface area (Å²) in [5, 5.41) is 22.5. The Bertz CT molecular complexity index is 434. The molecule has 0 radical (unpaired) electrons. The molecule has 0 aliphatic rings. The number of nitrogens with zero attached hydrogens (tertiary/aromatic N) is 1. The van der Waals surface area contributed by atoms with Gasteiger partial charge in [0.2, 0.25) is 0 Å². The van der Waals surface area contributed by atoms with E-state index in [1.54, 1.807) is 24.3 Å². The van der Waals surface area contributed by atoms with E-state index in [0.717, 1.165) is 6.07 Å². The number of benzene rings is 1. The molecule has 0 spiro atoms. The average Bonchev–Trinajstić information content (AvgIpc) is 2.04. The zero-order valence-electron chi connectivity index (χ0n) is 8.15. The van der Waals surface area contributed by atoms with Crippen LogP contribution in [0.25, 0.3) is 10.9 Å². The molecule has 0 saturated heterocycles. The molecule has 14 heavy (non-hydrogen) atoms. The molecule has 0 aliphatic heterocycles. The average molecular weight is 205 g/mol. The van der Waals surface area contributed by atoms with Gasteiger partial charge in [-0.15, -0.1) is 0 Å². The summed E-state index contributed by atoms with van der Waals surface area (Å²) in [7, 11) is 0. The molecule has 3 nitrogen and oxygen atoms in total. The summed E-state index contributed by atoms with van der Waals surface area (Å²) in [6, 6.07) is 7.80. The number of rotatable bonds is 0. The Morgan fingerprint density at radius 3 is 2.36 bits per heavy atom. The van der Waals surface area contributed by atoms with Crippen molar-refractivity contribution in [3.05, 3.63) is 30.3 Å². The third-order valence-electron chi connectivity index (χ3n) is 1.65. The second-order valence-electron chi connectivity index (χ2n) is 2.48. The summed E-state index contributed by atoms with van der Waals surface area (Å²) in [5.74, 6) is -0.732. The molecule has 0 unspecified atom stereocenters. The number of para-hydroxylation sites is 1. The third kappa shape index (κ3) is 2.86. The molecule has 1 heterocycles. The van der Waals surface area contributed by atoms with E-state index in [4.69, 9.17) is 0 Å². The zero-order chi connectivity index (χ0) is 8.55. The monoisotopic (exact) mass is 205 g/mol. The molecule has 0 fully saturated rings. The molecule has 0 N–H and O–H groups in total. The largest absolute Gasteiger partial charge is 1.00 e. The van der Waals surface area contributed by atoms with E-state index < -0.39 is 5.88 Å². The van der Waals surface area contributed by atoms with Crippen molar-refractivity contribution >= 4 is 10.9 Å². The van der Waals surface area contributed by atoms with Gasteiger partial charge in [0.25, 0.3) is 0 Å². The van der Waals surface area contributed by atoms with Crippen LogP contribution in [-0.2, 0) is 0 Å². The van der Waals surface area contributed by atoms with Gasteiger partial charge in [-0.2, -0.15) is 0 Å². The Morgan fingerprint density at radius 2 is 1.64 bits per heavy atom. The van der Waals surface area contributed by atoms with Crippen LogP contribution >= 0.6 is 0 Å². The smallest absolute Gasteiger partial charge is 0.872 e. The molecule has 0 amide bonds. The molecule has 0 atom stereocenters. The molecule has 2 aromatic rings. The van der Waals surface area contributed by atoms with Crippen molar-refractivity contribution < 1.29 is 69.3 Å². The normalized spacial score (nSPS) is 8.86. The van der Waals surface area contributed by atoms with Gasteiger partial charge in [0, 0.05) is 0 Å². The molecule has 0 bridgehead atoms. The van der Waals surface area contributed by atoms with E-state index >= 15 is 0 Å². The standard InChI is InChI=1S/C9H7NO2.2Na/c11-8-5-9(12)10-7-4-2-1-3-6(7)8;;/h1-5H,(H2,10,11,12);;/q;2*+1/p-2. The Morgan fingerprint density at radius 1 is 1.00 bits per heavy atom. The first-order valence-electron chi connectivity index (χ1n) is 3.51. The Hall–Kier alpha value is 0.230. The van der Waals surface area contributed by atoms with E-state index in [-0.39, 0.29) is 64.9 Å². The minimum atomic E-state index is -0.473. The van der Waals surface area contributed by atoms with Gasteiger partial charge in [-0.1, -0.05) is 30.0 Å². The molecule has 5 heteroatoms. The maximum Gasteiger partial charge on any atom is 1.00 e. The second-order valence-corrected chi connectivity index (χ2v) is 2.48. The van der Waals surface area contributed by atoms with Crippen molar-refractivity contribution in [1.82, 2.24) is 4.98 Å². The topological polar surface area (TPSA) is 59.0 Å². The second kappa shape index (κ2) is 5.95. The van der Waals surface area contributed by atoms with Gasteiger partial charge in [0.1, 0.15) is 0 Å². The number of pyridine rings is 1. The van der Waals surface area contributed by atoms with Crippen LogP contribution in [0.2, 0.25) is 0 Å². The fourth-order valence-electron chi connectivity index (χ4n) is 1.12. The molecular formula is C9H5NNa2O2.